The fourth-order valence-electron chi connectivity index (χ4n) is 3.13. The number of para-hydroxylation sites is 2. The number of hydrogen-bond acceptors (Lipinski definition) is 3. The van der Waals surface area contributed by atoms with Gasteiger partial charge in [0.2, 0.25) is 5.91 Å². The molecule has 0 aliphatic rings. The van der Waals surface area contributed by atoms with E-state index in [-0.39, 0.29) is 19.1 Å². The lowest BCUT2D eigenvalue weighted by molar-refractivity contribution is -0.116. The first-order valence-corrected chi connectivity index (χ1v) is 10.1. The van der Waals surface area contributed by atoms with Crippen molar-refractivity contribution in [3.05, 3.63) is 88.2 Å². The summed E-state index contributed by atoms with van der Waals surface area (Å²) in [5.74, 6) is 0.984. The van der Waals surface area contributed by atoms with Gasteiger partial charge in [0.25, 0.3) is 0 Å². The Morgan fingerprint density at radius 1 is 1.07 bits per heavy atom. The van der Waals surface area contributed by atoms with Crippen molar-refractivity contribution in [3.8, 4) is 5.75 Å². The van der Waals surface area contributed by atoms with E-state index in [9.17, 15) is 4.79 Å². The number of hydrogen-bond donors (Lipinski definition) is 1. The second-order valence-corrected chi connectivity index (χ2v) is 7.72. The molecule has 1 heterocycles. The highest BCUT2D eigenvalue weighted by molar-refractivity contribution is 6.35. The number of carbonyl (C=O) groups excluding carboxylic acids is 1. The molecule has 1 amide bonds. The van der Waals surface area contributed by atoms with Crippen molar-refractivity contribution in [2.24, 2.45) is 0 Å². The van der Waals surface area contributed by atoms with Crippen LogP contribution >= 0.6 is 23.2 Å². The molecule has 4 rings (SSSR count). The molecule has 0 aliphatic heterocycles. The average Bonchev–Trinajstić information content (AvgIpc) is 3.06. The molecule has 3 aromatic carbocycles. The van der Waals surface area contributed by atoms with Gasteiger partial charge >= 0.3 is 0 Å². The molecule has 1 aromatic heterocycles. The minimum atomic E-state index is -0.146. The van der Waals surface area contributed by atoms with Crippen LogP contribution in [0.4, 0.5) is 5.69 Å². The molecule has 0 unspecified atom stereocenters. The van der Waals surface area contributed by atoms with Gasteiger partial charge in [0.15, 0.2) is 0 Å². The van der Waals surface area contributed by atoms with E-state index < -0.39 is 0 Å². The third-order valence-corrected chi connectivity index (χ3v) is 5.15. The zero-order valence-corrected chi connectivity index (χ0v) is 17.7. The minimum absolute atomic E-state index is 0.113. The number of carbonyl (C=O) groups is 1. The van der Waals surface area contributed by atoms with Crippen LogP contribution in [0, 0.1) is 6.92 Å². The van der Waals surface area contributed by atoms with Crippen molar-refractivity contribution < 1.29 is 9.53 Å². The number of fused-ring (bicyclic) bond motifs is 1. The molecule has 152 valence electrons. The average molecular weight is 440 g/mol. The number of benzene rings is 3. The summed E-state index contributed by atoms with van der Waals surface area (Å²) in [6, 6.07) is 20.4. The largest absolute Gasteiger partial charge is 0.484 e. The molecule has 0 saturated carbocycles. The summed E-state index contributed by atoms with van der Waals surface area (Å²) in [5, 5.41) is 3.88. The highest BCUT2D eigenvalue weighted by atomic mass is 35.5. The van der Waals surface area contributed by atoms with Gasteiger partial charge in [-0.1, -0.05) is 53.0 Å². The maximum atomic E-state index is 12.7. The highest BCUT2D eigenvalue weighted by Crippen LogP contribution is 2.28. The maximum absolute atomic E-state index is 12.7. The van der Waals surface area contributed by atoms with Crippen LogP contribution in [0.15, 0.2) is 66.7 Å². The second-order valence-electron chi connectivity index (χ2n) is 6.88. The molecule has 0 atom stereocenters. The van der Waals surface area contributed by atoms with E-state index in [0.717, 1.165) is 22.3 Å². The molecule has 0 aliphatic carbocycles. The molecule has 5 nitrogen and oxygen atoms in total. The van der Waals surface area contributed by atoms with Gasteiger partial charge in [0.1, 0.15) is 24.7 Å². The molecule has 0 fully saturated rings. The second kappa shape index (κ2) is 8.78. The van der Waals surface area contributed by atoms with Crippen molar-refractivity contribution in [1.29, 1.82) is 0 Å². The van der Waals surface area contributed by atoms with Crippen LogP contribution in [0.2, 0.25) is 10.0 Å². The molecule has 1 N–H and O–H groups in total. The predicted molar refractivity (Wildman–Crippen MR) is 120 cm³/mol. The molecule has 0 radical (unpaired) electrons. The number of nitrogens with zero attached hydrogens (tertiary/aromatic N) is 2. The number of nitrogens with one attached hydrogen (secondary N) is 1. The Bertz CT molecular complexity index is 1200. The summed E-state index contributed by atoms with van der Waals surface area (Å²) in [6.45, 7) is 2.28. The molecule has 0 bridgehead atoms. The van der Waals surface area contributed by atoms with Gasteiger partial charge in [-0.05, 0) is 49.4 Å². The van der Waals surface area contributed by atoms with Gasteiger partial charge in [-0.2, -0.15) is 0 Å². The zero-order chi connectivity index (χ0) is 21.1. The topological polar surface area (TPSA) is 56.2 Å². The van der Waals surface area contributed by atoms with E-state index in [1.54, 1.807) is 18.2 Å². The van der Waals surface area contributed by atoms with Crippen molar-refractivity contribution in [3.63, 3.8) is 0 Å². The third kappa shape index (κ3) is 4.58. The van der Waals surface area contributed by atoms with E-state index >= 15 is 0 Å². The Balaban J connectivity index is 1.56. The van der Waals surface area contributed by atoms with Crippen molar-refractivity contribution in [2.45, 2.75) is 20.1 Å². The summed E-state index contributed by atoms with van der Waals surface area (Å²) in [6.07, 6.45) is 0. The summed E-state index contributed by atoms with van der Waals surface area (Å²) in [4.78, 5) is 17.3. The lowest BCUT2D eigenvalue weighted by atomic mass is 10.2. The SMILES string of the molecule is Cc1ccc(NC(=O)Cn2c(COc3ccc(Cl)cc3Cl)nc3ccccc32)cc1. The number of halogens is 2. The first-order valence-electron chi connectivity index (χ1n) is 9.38. The Kier molecular flexibility index (Phi) is 5.93. The van der Waals surface area contributed by atoms with Crippen LogP contribution in [0.5, 0.6) is 5.75 Å². The van der Waals surface area contributed by atoms with E-state index in [1.807, 2.05) is 60.0 Å². The van der Waals surface area contributed by atoms with Crippen LogP contribution in [0.3, 0.4) is 0 Å². The molecule has 30 heavy (non-hydrogen) atoms. The van der Waals surface area contributed by atoms with Gasteiger partial charge in [0.05, 0.1) is 16.1 Å². The number of aromatic nitrogens is 2. The fraction of sp³-hybridized carbons (Fsp3) is 0.130. The molecule has 7 heteroatoms. The number of ether oxygens (including phenoxy) is 1. The van der Waals surface area contributed by atoms with Gasteiger partial charge in [-0.3, -0.25) is 4.79 Å². The Hall–Kier alpha value is -3.02. The number of aryl methyl sites for hydroxylation is 1. The van der Waals surface area contributed by atoms with Gasteiger partial charge < -0.3 is 14.6 Å². The highest BCUT2D eigenvalue weighted by Gasteiger charge is 2.15. The number of anilines is 1. The standard InChI is InChI=1S/C23H19Cl2N3O2/c1-15-6-9-17(10-7-15)26-23(29)13-28-20-5-3-2-4-19(20)27-22(28)14-30-21-11-8-16(24)12-18(21)25/h2-12H,13-14H2,1H3,(H,26,29). The maximum Gasteiger partial charge on any atom is 0.244 e. The van der Waals surface area contributed by atoms with Gasteiger partial charge in [-0.15, -0.1) is 0 Å². The lowest BCUT2D eigenvalue weighted by Crippen LogP contribution is -2.20. The van der Waals surface area contributed by atoms with Gasteiger partial charge in [0, 0.05) is 10.7 Å². The molecular weight excluding hydrogens is 421 g/mol. The molecule has 0 saturated heterocycles. The van der Waals surface area contributed by atoms with Crippen molar-refractivity contribution in [2.75, 3.05) is 5.32 Å². The lowest BCUT2D eigenvalue weighted by Gasteiger charge is -2.12. The molecule has 4 aromatic rings. The predicted octanol–water partition coefficient (Wildman–Crippen LogP) is 5.87. The van der Waals surface area contributed by atoms with Crippen LogP contribution in [0.25, 0.3) is 11.0 Å². The Morgan fingerprint density at radius 2 is 1.83 bits per heavy atom. The Labute approximate surface area is 184 Å². The van der Waals surface area contributed by atoms with Crippen molar-refractivity contribution >= 4 is 45.8 Å². The number of rotatable bonds is 6. The smallest absolute Gasteiger partial charge is 0.244 e. The zero-order valence-electron chi connectivity index (χ0n) is 16.2. The van der Waals surface area contributed by atoms with Crippen LogP contribution in [-0.2, 0) is 17.9 Å². The number of amides is 1. The van der Waals surface area contributed by atoms with E-state index in [0.29, 0.717) is 21.6 Å². The van der Waals surface area contributed by atoms with E-state index in [2.05, 4.69) is 10.3 Å². The molecular formula is C23H19Cl2N3O2. The summed E-state index contributed by atoms with van der Waals surface area (Å²) >= 11 is 12.1. The van der Waals surface area contributed by atoms with Gasteiger partial charge in [-0.25, -0.2) is 4.98 Å². The number of imidazole rings is 1. The first-order chi connectivity index (χ1) is 14.5. The fourth-order valence-corrected chi connectivity index (χ4v) is 3.59. The molecule has 0 spiro atoms. The monoisotopic (exact) mass is 439 g/mol. The van der Waals surface area contributed by atoms with E-state index in [1.165, 1.54) is 0 Å². The summed E-state index contributed by atoms with van der Waals surface area (Å²) < 4.78 is 7.71. The van der Waals surface area contributed by atoms with Crippen molar-refractivity contribution in [1.82, 2.24) is 9.55 Å². The first kappa shape index (κ1) is 20.3. The summed E-state index contributed by atoms with van der Waals surface area (Å²) in [5.41, 5.74) is 3.54. The minimum Gasteiger partial charge on any atom is -0.484 e. The Morgan fingerprint density at radius 3 is 2.60 bits per heavy atom. The quantitative estimate of drug-likeness (QED) is 0.408. The van der Waals surface area contributed by atoms with Crippen LogP contribution in [-0.4, -0.2) is 15.5 Å². The normalized spacial score (nSPS) is 10.9. The van der Waals surface area contributed by atoms with Crippen LogP contribution < -0.4 is 10.1 Å². The van der Waals surface area contributed by atoms with E-state index in [4.69, 9.17) is 27.9 Å². The summed E-state index contributed by atoms with van der Waals surface area (Å²) in [7, 11) is 0. The third-order valence-electron chi connectivity index (χ3n) is 4.62. The van der Waals surface area contributed by atoms with Crippen LogP contribution in [0.1, 0.15) is 11.4 Å².